The lowest BCUT2D eigenvalue weighted by Gasteiger charge is -2.25. The smallest absolute Gasteiger partial charge is 0.324 e. The summed E-state index contributed by atoms with van der Waals surface area (Å²) in [6, 6.07) is 8.88. The van der Waals surface area contributed by atoms with Gasteiger partial charge in [-0.25, -0.2) is 4.79 Å². The number of amides is 3. The predicted octanol–water partition coefficient (Wildman–Crippen LogP) is 4.05. The molecule has 0 atom stereocenters. The molecule has 1 aliphatic rings. The van der Waals surface area contributed by atoms with Crippen molar-refractivity contribution in [1.82, 2.24) is 9.88 Å². The molecule has 152 valence electrons. The van der Waals surface area contributed by atoms with Gasteiger partial charge >= 0.3 is 6.03 Å². The average molecular weight is 412 g/mol. The average Bonchev–Trinajstić information content (AvgIpc) is 3.04. The first-order valence-corrected chi connectivity index (χ1v) is 9.96. The van der Waals surface area contributed by atoms with E-state index >= 15 is 0 Å². The van der Waals surface area contributed by atoms with Crippen LogP contribution < -0.4 is 16.4 Å². The molecule has 0 saturated heterocycles. The van der Waals surface area contributed by atoms with Crippen LogP contribution in [0.2, 0.25) is 0 Å². The highest BCUT2D eigenvalue weighted by atomic mass is 32.1. The van der Waals surface area contributed by atoms with Crippen LogP contribution in [0.1, 0.15) is 35.1 Å². The number of urea groups is 1. The van der Waals surface area contributed by atoms with Crippen LogP contribution in [-0.2, 0) is 13.0 Å². The van der Waals surface area contributed by atoms with E-state index in [1.54, 1.807) is 12.3 Å². The molecule has 3 amide bonds. The molecule has 0 saturated carbocycles. The predicted molar refractivity (Wildman–Crippen MR) is 119 cm³/mol. The zero-order chi connectivity index (χ0) is 19.7. The Hall–Kier alpha value is -2.97. The molecule has 0 spiro atoms. The molecule has 29 heavy (non-hydrogen) atoms. The van der Waals surface area contributed by atoms with Crippen molar-refractivity contribution in [3.05, 3.63) is 52.5 Å². The summed E-state index contributed by atoms with van der Waals surface area (Å²) in [6.07, 6.45) is 2.49. The second-order valence-corrected chi connectivity index (χ2v) is 7.79. The number of rotatable bonds is 4. The van der Waals surface area contributed by atoms with Crippen molar-refractivity contribution in [3.63, 3.8) is 0 Å². The summed E-state index contributed by atoms with van der Waals surface area (Å²) in [6.45, 7) is 4.72. The number of anilines is 2. The zero-order valence-electron chi connectivity index (χ0n) is 15.5. The number of aromatic nitrogens is 1. The highest BCUT2D eigenvalue weighted by Gasteiger charge is 2.27. The van der Waals surface area contributed by atoms with Crippen molar-refractivity contribution in [2.24, 2.45) is 5.73 Å². The van der Waals surface area contributed by atoms with Crippen molar-refractivity contribution in [3.8, 4) is 0 Å². The molecule has 3 aromatic rings. The van der Waals surface area contributed by atoms with E-state index in [0.29, 0.717) is 16.3 Å². The van der Waals surface area contributed by atoms with Crippen LogP contribution in [-0.4, -0.2) is 34.9 Å². The van der Waals surface area contributed by atoms with Gasteiger partial charge in [-0.05, 0) is 42.8 Å². The fraction of sp³-hybridized carbons (Fsp3) is 0.286. The van der Waals surface area contributed by atoms with Gasteiger partial charge in [0.1, 0.15) is 5.00 Å². The number of fused-ring (bicyclic) bond motifs is 2. The SMILES string of the molecule is C.CCN1CCc2c(sc(NC(=O)Nc3ccc4ncccc4c3)c2C(N)=O)C1. The molecule has 3 heterocycles. The van der Waals surface area contributed by atoms with Crippen LogP contribution in [0.25, 0.3) is 10.9 Å². The number of pyridine rings is 1. The normalized spacial score (nSPS) is 13.4. The van der Waals surface area contributed by atoms with Gasteiger partial charge in [-0.1, -0.05) is 20.4 Å². The van der Waals surface area contributed by atoms with Gasteiger partial charge in [-0.2, -0.15) is 0 Å². The van der Waals surface area contributed by atoms with Gasteiger partial charge in [-0.3, -0.25) is 20.0 Å². The minimum absolute atomic E-state index is 0. The first-order chi connectivity index (χ1) is 13.5. The molecule has 8 heteroatoms. The lowest BCUT2D eigenvalue weighted by Crippen LogP contribution is -2.30. The molecule has 7 nitrogen and oxygen atoms in total. The number of carbonyl (C=O) groups is 2. The molecule has 0 fully saturated rings. The van der Waals surface area contributed by atoms with Gasteiger partial charge in [0.15, 0.2) is 0 Å². The molecule has 0 unspecified atom stereocenters. The van der Waals surface area contributed by atoms with Gasteiger partial charge in [-0.15, -0.1) is 11.3 Å². The standard InChI is InChI=1S/C20H21N5O2S.CH4/c1-2-25-9-7-14-16(11-25)28-19(17(14)18(21)26)24-20(27)23-13-5-6-15-12(10-13)4-3-8-22-15;/h3-6,8,10H,2,7,9,11H2,1H3,(H2,21,26)(H2,23,24,27);1H4. The van der Waals surface area contributed by atoms with Crippen molar-refractivity contribution in [2.75, 3.05) is 23.7 Å². The molecule has 2 aromatic heterocycles. The number of nitrogens with one attached hydrogen (secondary N) is 2. The van der Waals surface area contributed by atoms with Crippen LogP contribution in [0.3, 0.4) is 0 Å². The number of carbonyl (C=O) groups excluding carboxylic acids is 2. The number of hydrogen-bond acceptors (Lipinski definition) is 5. The molecule has 0 radical (unpaired) electrons. The van der Waals surface area contributed by atoms with Gasteiger partial charge in [0.2, 0.25) is 0 Å². The minimum Gasteiger partial charge on any atom is -0.365 e. The Kier molecular flexibility index (Phi) is 6.14. The molecule has 4 rings (SSSR count). The van der Waals surface area contributed by atoms with E-state index in [4.69, 9.17) is 5.73 Å². The molecule has 0 bridgehead atoms. The van der Waals surface area contributed by atoms with Crippen LogP contribution in [0, 0.1) is 0 Å². The van der Waals surface area contributed by atoms with Gasteiger partial charge in [0, 0.05) is 35.2 Å². The van der Waals surface area contributed by atoms with Crippen molar-refractivity contribution in [2.45, 2.75) is 27.3 Å². The summed E-state index contributed by atoms with van der Waals surface area (Å²) in [5.41, 5.74) is 8.53. The van der Waals surface area contributed by atoms with E-state index < -0.39 is 11.9 Å². The quantitative estimate of drug-likeness (QED) is 0.603. The zero-order valence-corrected chi connectivity index (χ0v) is 16.3. The maximum absolute atomic E-state index is 12.5. The second-order valence-electron chi connectivity index (χ2n) is 6.68. The summed E-state index contributed by atoms with van der Waals surface area (Å²) in [5.74, 6) is -0.505. The van der Waals surface area contributed by atoms with Crippen molar-refractivity contribution >= 4 is 44.9 Å². The third-order valence-electron chi connectivity index (χ3n) is 4.92. The first-order valence-electron chi connectivity index (χ1n) is 9.14. The number of primary amides is 1. The lowest BCUT2D eigenvalue weighted by molar-refractivity contribution is 0.1000. The van der Waals surface area contributed by atoms with E-state index in [2.05, 4.69) is 27.4 Å². The Morgan fingerprint density at radius 1 is 1.28 bits per heavy atom. The van der Waals surface area contributed by atoms with E-state index in [1.807, 2.05) is 24.3 Å². The Morgan fingerprint density at radius 2 is 2.10 bits per heavy atom. The van der Waals surface area contributed by atoms with Gasteiger partial charge in [0.25, 0.3) is 5.91 Å². The number of likely N-dealkylation sites (N-methyl/N-ethyl adjacent to an activating group) is 1. The summed E-state index contributed by atoms with van der Waals surface area (Å²) in [5, 5.41) is 7.07. The Labute approximate surface area is 173 Å². The van der Waals surface area contributed by atoms with E-state index in [9.17, 15) is 9.59 Å². The molecule has 0 aliphatic carbocycles. The fourth-order valence-corrected chi connectivity index (χ4v) is 4.78. The maximum Gasteiger partial charge on any atom is 0.324 e. The number of hydrogen-bond donors (Lipinski definition) is 3. The number of benzene rings is 1. The monoisotopic (exact) mass is 411 g/mol. The second kappa shape index (κ2) is 8.59. The number of nitrogens with zero attached hydrogens (tertiary/aromatic N) is 2. The van der Waals surface area contributed by atoms with Crippen molar-refractivity contribution in [1.29, 1.82) is 0 Å². The third-order valence-corrected chi connectivity index (χ3v) is 6.05. The summed E-state index contributed by atoms with van der Waals surface area (Å²) < 4.78 is 0. The first kappa shape index (κ1) is 20.8. The van der Waals surface area contributed by atoms with E-state index in [0.717, 1.165) is 47.4 Å². The third kappa shape index (κ3) is 4.23. The summed E-state index contributed by atoms with van der Waals surface area (Å²) >= 11 is 1.43. The fourth-order valence-electron chi connectivity index (χ4n) is 3.49. The van der Waals surface area contributed by atoms with Gasteiger partial charge in [0.05, 0.1) is 11.1 Å². The molecule has 1 aromatic carbocycles. The van der Waals surface area contributed by atoms with E-state index in [-0.39, 0.29) is 7.43 Å². The lowest BCUT2D eigenvalue weighted by atomic mass is 10.0. The van der Waals surface area contributed by atoms with Crippen LogP contribution in [0.15, 0.2) is 36.5 Å². The summed E-state index contributed by atoms with van der Waals surface area (Å²) in [7, 11) is 0. The topological polar surface area (TPSA) is 100 Å². The van der Waals surface area contributed by atoms with Gasteiger partial charge < -0.3 is 11.1 Å². The summed E-state index contributed by atoms with van der Waals surface area (Å²) in [4.78, 5) is 32.2. The number of nitrogens with two attached hydrogens (primary N) is 1. The maximum atomic E-state index is 12.5. The molecule has 4 N–H and O–H groups in total. The number of thiophene rings is 1. The highest BCUT2D eigenvalue weighted by molar-refractivity contribution is 7.17. The van der Waals surface area contributed by atoms with Crippen LogP contribution >= 0.6 is 11.3 Å². The van der Waals surface area contributed by atoms with Crippen molar-refractivity contribution < 1.29 is 9.59 Å². The Morgan fingerprint density at radius 3 is 2.86 bits per heavy atom. The minimum atomic E-state index is -0.505. The molecule has 1 aliphatic heterocycles. The Bertz CT molecular complexity index is 1060. The Balaban J connectivity index is 0.00000240. The molecular formula is C21H25N5O2S. The largest absolute Gasteiger partial charge is 0.365 e. The molecular weight excluding hydrogens is 386 g/mol. The highest BCUT2D eigenvalue weighted by Crippen LogP contribution is 2.37. The van der Waals surface area contributed by atoms with E-state index in [1.165, 1.54) is 11.3 Å². The van der Waals surface area contributed by atoms with Crippen LogP contribution in [0.5, 0.6) is 0 Å². The van der Waals surface area contributed by atoms with Crippen LogP contribution in [0.4, 0.5) is 15.5 Å².